The molecule has 0 aromatic heterocycles. The van der Waals surface area contributed by atoms with Crippen LogP contribution < -0.4 is 19.5 Å². The van der Waals surface area contributed by atoms with E-state index < -0.39 is 11.9 Å². The number of benzene rings is 3. The zero-order valence-electron chi connectivity index (χ0n) is 18.3. The zero-order valence-corrected chi connectivity index (χ0v) is 18.3. The summed E-state index contributed by atoms with van der Waals surface area (Å²) in [6.45, 7) is 1.70. The molecule has 0 saturated carbocycles. The van der Waals surface area contributed by atoms with E-state index in [1.54, 1.807) is 21.3 Å². The first-order chi connectivity index (χ1) is 15.4. The summed E-state index contributed by atoms with van der Waals surface area (Å²) >= 11 is 0. The highest BCUT2D eigenvalue weighted by Crippen LogP contribution is 2.29. The lowest BCUT2D eigenvalue weighted by molar-refractivity contribution is -0.159. The molecule has 0 unspecified atom stereocenters. The van der Waals surface area contributed by atoms with Gasteiger partial charge in [0.15, 0.2) is 11.5 Å². The molecule has 0 amide bonds. The average molecular weight is 441 g/mol. The van der Waals surface area contributed by atoms with Crippen molar-refractivity contribution >= 4 is 22.7 Å². The van der Waals surface area contributed by atoms with Crippen LogP contribution in [0.2, 0.25) is 0 Å². The lowest BCUT2D eigenvalue weighted by atomic mass is 10.0. The van der Waals surface area contributed by atoms with E-state index in [0.29, 0.717) is 0 Å². The fourth-order valence-electron chi connectivity index (χ4n) is 3.16. The summed E-state index contributed by atoms with van der Waals surface area (Å²) in [6, 6.07) is 18.6. The minimum atomic E-state index is -1.82. The van der Waals surface area contributed by atoms with Gasteiger partial charge in [-0.15, -0.1) is 0 Å². The minimum absolute atomic E-state index is 0.758. The Balaban J connectivity index is 0.000000534. The van der Waals surface area contributed by atoms with E-state index in [0.717, 1.165) is 42.1 Å². The molecule has 3 aromatic carbocycles. The summed E-state index contributed by atoms with van der Waals surface area (Å²) in [7, 11) is 5.02. The van der Waals surface area contributed by atoms with Crippen LogP contribution in [0, 0.1) is 0 Å². The van der Waals surface area contributed by atoms with E-state index in [4.69, 9.17) is 34.0 Å². The van der Waals surface area contributed by atoms with Gasteiger partial charge in [-0.05, 0) is 47.7 Å². The van der Waals surface area contributed by atoms with Gasteiger partial charge >= 0.3 is 11.9 Å². The lowest BCUT2D eigenvalue weighted by Crippen LogP contribution is -2.17. The van der Waals surface area contributed by atoms with Crippen molar-refractivity contribution in [2.45, 2.75) is 13.0 Å². The molecule has 0 radical (unpaired) electrons. The van der Waals surface area contributed by atoms with Crippen molar-refractivity contribution in [1.82, 2.24) is 5.32 Å². The largest absolute Gasteiger partial charge is 0.496 e. The predicted octanol–water partition coefficient (Wildman–Crippen LogP) is 3.35. The van der Waals surface area contributed by atoms with Gasteiger partial charge < -0.3 is 29.7 Å². The van der Waals surface area contributed by atoms with Crippen LogP contribution in [0.15, 0.2) is 54.6 Å². The van der Waals surface area contributed by atoms with Crippen LogP contribution >= 0.6 is 0 Å². The standard InChI is InChI=1S/C22H25NO3.C2H2O4/c1-24-20-11-9-17(18-6-4-5-7-19(18)20)15-23-13-12-16-8-10-21(25-2)22(14-16)26-3;3-1(4)2(5)6/h4-11,14,23H,12-13,15H2,1-3H3;(H,3,4)(H,5,6). The van der Waals surface area contributed by atoms with Crippen molar-refractivity contribution < 1.29 is 34.0 Å². The van der Waals surface area contributed by atoms with Gasteiger partial charge in [-0.2, -0.15) is 0 Å². The van der Waals surface area contributed by atoms with Crippen molar-refractivity contribution in [3.05, 3.63) is 65.7 Å². The number of ether oxygens (including phenoxy) is 3. The molecule has 0 aliphatic rings. The minimum Gasteiger partial charge on any atom is -0.496 e. The maximum absolute atomic E-state index is 9.10. The van der Waals surface area contributed by atoms with Crippen molar-refractivity contribution in [3.8, 4) is 17.2 Å². The van der Waals surface area contributed by atoms with Gasteiger partial charge in [0.2, 0.25) is 0 Å². The summed E-state index contributed by atoms with van der Waals surface area (Å²) in [4.78, 5) is 18.2. The summed E-state index contributed by atoms with van der Waals surface area (Å²) in [6.07, 6.45) is 0.925. The quantitative estimate of drug-likeness (QED) is 0.360. The fourth-order valence-corrected chi connectivity index (χ4v) is 3.16. The summed E-state index contributed by atoms with van der Waals surface area (Å²) in [5.41, 5.74) is 2.49. The second kappa shape index (κ2) is 12.2. The van der Waals surface area contributed by atoms with Crippen LogP contribution in [-0.4, -0.2) is 50.0 Å². The molecule has 3 aromatic rings. The van der Waals surface area contributed by atoms with Crippen LogP contribution in [0.25, 0.3) is 10.8 Å². The van der Waals surface area contributed by atoms with Gasteiger partial charge in [0.1, 0.15) is 5.75 Å². The molecule has 3 rings (SSSR count). The first-order valence-corrected chi connectivity index (χ1v) is 9.83. The second-order valence-electron chi connectivity index (χ2n) is 6.70. The van der Waals surface area contributed by atoms with Crippen LogP contribution in [0.1, 0.15) is 11.1 Å². The van der Waals surface area contributed by atoms with E-state index in [-0.39, 0.29) is 0 Å². The zero-order chi connectivity index (χ0) is 23.5. The molecule has 0 fully saturated rings. The Bertz CT molecular complexity index is 1050. The van der Waals surface area contributed by atoms with Crippen molar-refractivity contribution in [3.63, 3.8) is 0 Å². The molecule has 170 valence electrons. The summed E-state index contributed by atoms with van der Waals surface area (Å²) < 4.78 is 16.1. The van der Waals surface area contributed by atoms with Crippen molar-refractivity contribution in [2.24, 2.45) is 0 Å². The third kappa shape index (κ3) is 6.61. The molecule has 0 spiro atoms. The molecule has 32 heavy (non-hydrogen) atoms. The number of carboxylic acids is 2. The normalized spacial score (nSPS) is 10.1. The fraction of sp³-hybridized carbons (Fsp3) is 0.250. The first kappa shape index (κ1) is 24.5. The highest BCUT2D eigenvalue weighted by Gasteiger charge is 2.07. The van der Waals surface area contributed by atoms with Gasteiger partial charge in [0.25, 0.3) is 0 Å². The number of nitrogens with one attached hydrogen (secondary N) is 1. The molecular weight excluding hydrogens is 414 g/mol. The van der Waals surface area contributed by atoms with Gasteiger partial charge in [-0.3, -0.25) is 0 Å². The Kier molecular flexibility index (Phi) is 9.31. The number of rotatable bonds is 8. The van der Waals surface area contributed by atoms with Crippen LogP contribution in [0.3, 0.4) is 0 Å². The molecule has 0 aliphatic carbocycles. The molecule has 0 saturated heterocycles. The highest BCUT2D eigenvalue weighted by atomic mass is 16.5. The Morgan fingerprint density at radius 1 is 0.781 bits per heavy atom. The Morgan fingerprint density at radius 3 is 1.97 bits per heavy atom. The molecule has 0 atom stereocenters. The predicted molar refractivity (Wildman–Crippen MR) is 121 cm³/mol. The molecule has 3 N–H and O–H groups in total. The van der Waals surface area contributed by atoms with Gasteiger partial charge in [-0.1, -0.05) is 36.4 Å². The second-order valence-corrected chi connectivity index (χ2v) is 6.70. The van der Waals surface area contributed by atoms with Crippen molar-refractivity contribution in [2.75, 3.05) is 27.9 Å². The number of aliphatic carboxylic acids is 2. The summed E-state index contributed by atoms with van der Waals surface area (Å²) in [5, 5.41) is 20.7. The number of hydrogen-bond acceptors (Lipinski definition) is 6. The number of carboxylic acid groups (broad SMARTS) is 2. The Morgan fingerprint density at radius 2 is 1.38 bits per heavy atom. The average Bonchev–Trinajstić information content (AvgIpc) is 2.81. The molecule has 8 nitrogen and oxygen atoms in total. The maximum atomic E-state index is 9.10. The van der Waals surface area contributed by atoms with Gasteiger partial charge in [-0.25, -0.2) is 9.59 Å². The van der Waals surface area contributed by atoms with Crippen LogP contribution in [0.5, 0.6) is 17.2 Å². The molecule has 0 heterocycles. The smallest absolute Gasteiger partial charge is 0.414 e. The highest BCUT2D eigenvalue weighted by molar-refractivity contribution is 6.27. The SMILES string of the molecule is COc1ccc(CCNCc2ccc(OC)c3ccccc23)cc1OC.O=C(O)C(=O)O. The monoisotopic (exact) mass is 441 g/mol. The molecule has 0 aliphatic heterocycles. The molecular formula is C24H27NO7. The van der Waals surface area contributed by atoms with Crippen LogP contribution in [0.4, 0.5) is 0 Å². The summed E-state index contributed by atoms with van der Waals surface area (Å²) in [5.74, 6) is -1.21. The van der Waals surface area contributed by atoms with E-state index in [9.17, 15) is 0 Å². The van der Waals surface area contributed by atoms with E-state index in [2.05, 4.69) is 35.6 Å². The third-order valence-electron chi connectivity index (χ3n) is 4.73. The number of hydrogen-bond donors (Lipinski definition) is 3. The molecule has 0 bridgehead atoms. The first-order valence-electron chi connectivity index (χ1n) is 9.83. The lowest BCUT2D eigenvalue weighted by Gasteiger charge is -2.12. The number of carbonyl (C=O) groups is 2. The Hall–Kier alpha value is -3.78. The van der Waals surface area contributed by atoms with Gasteiger partial charge in [0.05, 0.1) is 21.3 Å². The third-order valence-corrected chi connectivity index (χ3v) is 4.73. The Labute approximate surface area is 186 Å². The van der Waals surface area contributed by atoms with Crippen molar-refractivity contribution in [1.29, 1.82) is 0 Å². The van der Waals surface area contributed by atoms with Crippen LogP contribution in [-0.2, 0) is 22.6 Å². The van der Waals surface area contributed by atoms with E-state index in [1.807, 2.05) is 24.3 Å². The number of fused-ring (bicyclic) bond motifs is 1. The molecule has 8 heteroatoms. The number of methoxy groups -OCH3 is 3. The van der Waals surface area contributed by atoms with E-state index in [1.165, 1.54) is 16.5 Å². The maximum Gasteiger partial charge on any atom is 0.414 e. The van der Waals surface area contributed by atoms with E-state index >= 15 is 0 Å². The van der Waals surface area contributed by atoms with Gasteiger partial charge in [0, 0.05) is 11.9 Å². The topological polar surface area (TPSA) is 114 Å².